The first-order valence-corrected chi connectivity index (χ1v) is 9.05. The van der Waals surface area contributed by atoms with Gasteiger partial charge >= 0.3 is 0 Å². The molecule has 0 bridgehead atoms. The van der Waals surface area contributed by atoms with Gasteiger partial charge in [-0.1, -0.05) is 30.9 Å². The lowest BCUT2D eigenvalue weighted by Crippen LogP contribution is -2.35. The third-order valence-electron chi connectivity index (χ3n) is 5.30. The van der Waals surface area contributed by atoms with Crippen molar-refractivity contribution in [1.29, 1.82) is 0 Å². The normalized spacial score (nSPS) is 19.5. The summed E-state index contributed by atoms with van der Waals surface area (Å²) in [6.07, 6.45) is 8.22. The second kappa shape index (κ2) is 7.08. The average Bonchev–Trinajstić information content (AvgIpc) is 2.50. The topological polar surface area (TPSA) is 36.4 Å². The molecule has 126 valence electrons. The van der Waals surface area contributed by atoms with Crippen LogP contribution in [0.3, 0.4) is 0 Å². The number of piperidine rings is 1. The predicted molar refractivity (Wildman–Crippen MR) is 94.2 cm³/mol. The van der Waals surface area contributed by atoms with Crippen LogP contribution in [0.2, 0.25) is 5.15 Å². The van der Waals surface area contributed by atoms with Crippen molar-refractivity contribution in [3.05, 3.63) is 22.8 Å². The molecule has 1 aromatic heterocycles. The number of amides is 1. The first-order chi connectivity index (χ1) is 11.0. The highest BCUT2D eigenvalue weighted by atomic mass is 35.5. The molecule has 2 heterocycles. The summed E-state index contributed by atoms with van der Waals surface area (Å²) in [6.45, 7) is 2.09. The van der Waals surface area contributed by atoms with E-state index in [4.69, 9.17) is 11.6 Å². The number of halogens is 1. The first-order valence-electron chi connectivity index (χ1n) is 8.67. The summed E-state index contributed by atoms with van der Waals surface area (Å²) in [5.41, 5.74) is 0.472. The molecule has 5 heteroatoms. The summed E-state index contributed by atoms with van der Waals surface area (Å²) in [6, 6.07) is 3.72. The monoisotopic (exact) mass is 335 g/mol. The standard InChI is InChI=1S/C18H26ClN3O/c1-21(2)18(23)15-6-7-16(20-17(15)19)22-10-8-14(9-11-22)12-13-4-3-5-13/h6-7,13-14H,3-5,8-12H2,1-2H3. The maximum absolute atomic E-state index is 12.0. The number of hydrogen-bond acceptors (Lipinski definition) is 3. The quantitative estimate of drug-likeness (QED) is 0.784. The van der Waals surface area contributed by atoms with E-state index in [2.05, 4.69) is 9.88 Å². The summed E-state index contributed by atoms with van der Waals surface area (Å²) in [5.74, 6) is 2.66. The van der Waals surface area contributed by atoms with E-state index in [0.29, 0.717) is 10.7 Å². The highest BCUT2D eigenvalue weighted by molar-refractivity contribution is 6.32. The Morgan fingerprint density at radius 3 is 2.39 bits per heavy atom. The Balaban J connectivity index is 1.59. The SMILES string of the molecule is CN(C)C(=O)c1ccc(N2CCC(CC3CCC3)CC2)nc1Cl. The molecule has 23 heavy (non-hydrogen) atoms. The van der Waals surface area contributed by atoms with Gasteiger partial charge in [0, 0.05) is 27.2 Å². The van der Waals surface area contributed by atoms with Crippen molar-refractivity contribution < 1.29 is 4.79 Å². The van der Waals surface area contributed by atoms with Gasteiger partial charge in [0.05, 0.1) is 5.56 Å². The number of pyridine rings is 1. The van der Waals surface area contributed by atoms with Crippen LogP contribution in [-0.2, 0) is 0 Å². The molecule has 0 aromatic carbocycles. The molecule has 0 atom stereocenters. The zero-order valence-corrected chi connectivity index (χ0v) is 14.9. The third-order valence-corrected chi connectivity index (χ3v) is 5.59. The molecule has 2 fully saturated rings. The van der Waals surface area contributed by atoms with Crippen LogP contribution in [0.15, 0.2) is 12.1 Å². The molecule has 1 amide bonds. The molecule has 1 aliphatic heterocycles. The Bertz CT molecular complexity index is 563. The Morgan fingerprint density at radius 1 is 1.22 bits per heavy atom. The maximum Gasteiger partial charge on any atom is 0.256 e. The largest absolute Gasteiger partial charge is 0.357 e. The van der Waals surface area contributed by atoms with E-state index in [9.17, 15) is 4.79 Å². The lowest BCUT2D eigenvalue weighted by atomic mass is 9.76. The van der Waals surface area contributed by atoms with E-state index in [0.717, 1.165) is 30.7 Å². The van der Waals surface area contributed by atoms with Crippen LogP contribution in [0.4, 0.5) is 5.82 Å². The molecule has 1 saturated heterocycles. The van der Waals surface area contributed by atoms with Crippen LogP contribution in [0.5, 0.6) is 0 Å². The molecule has 1 saturated carbocycles. The van der Waals surface area contributed by atoms with Crippen LogP contribution in [0.1, 0.15) is 48.9 Å². The van der Waals surface area contributed by atoms with Crippen molar-refractivity contribution in [2.75, 3.05) is 32.1 Å². The van der Waals surface area contributed by atoms with Gasteiger partial charge in [-0.3, -0.25) is 4.79 Å². The van der Waals surface area contributed by atoms with Gasteiger partial charge in [0.15, 0.2) is 0 Å². The number of rotatable bonds is 4. The fourth-order valence-electron chi connectivity index (χ4n) is 3.60. The molecular weight excluding hydrogens is 310 g/mol. The van der Waals surface area contributed by atoms with Crippen LogP contribution < -0.4 is 4.90 Å². The van der Waals surface area contributed by atoms with Gasteiger partial charge < -0.3 is 9.80 Å². The second-order valence-corrected chi connectivity index (χ2v) is 7.53. The fourth-order valence-corrected chi connectivity index (χ4v) is 3.83. The van der Waals surface area contributed by atoms with E-state index in [-0.39, 0.29) is 5.91 Å². The summed E-state index contributed by atoms with van der Waals surface area (Å²) in [4.78, 5) is 20.3. The van der Waals surface area contributed by atoms with E-state index in [1.807, 2.05) is 6.07 Å². The molecule has 1 aromatic rings. The smallest absolute Gasteiger partial charge is 0.256 e. The zero-order chi connectivity index (χ0) is 16.4. The first kappa shape index (κ1) is 16.6. The van der Waals surface area contributed by atoms with Crippen molar-refractivity contribution in [3.8, 4) is 0 Å². The minimum Gasteiger partial charge on any atom is -0.357 e. The highest BCUT2D eigenvalue weighted by Crippen LogP contribution is 2.36. The lowest BCUT2D eigenvalue weighted by molar-refractivity contribution is 0.0827. The molecule has 0 unspecified atom stereocenters. The summed E-state index contributed by atoms with van der Waals surface area (Å²) in [5, 5.41) is 0.304. The minimum absolute atomic E-state index is 0.103. The van der Waals surface area contributed by atoms with Crippen molar-refractivity contribution in [2.45, 2.75) is 38.5 Å². The molecule has 0 N–H and O–H groups in total. The number of nitrogens with zero attached hydrogens (tertiary/aromatic N) is 3. The third kappa shape index (κ3) is 3.79. The summed E-state index contributed by atoms with van der Waals surface area (Å²) >= 11 is 6.23. The Kier molecular flexibility index (Phi) is 5.10. The average molecular weight is 336 g/mol. The van der Waals surface area contributed by atoms with Crippen LogP contribution in [-0.4, -0.2) is 43.0 Å². The summed E-state index contributed by atoms with van der Waals surface area (Å²) in [7, 11) is 3.44. The zero-order valence-electron chi connectivity index (χ0n) is 14.1. The highest BCUT2D eigenvalue weighted by Gasteiger charge is 2.26. The van der Waals surface area contributed by atoms with Crippen molar-refractivity contribution >= 4 is 23.3 Å². The fraction of sp³-hybridized carbons (Fsp3) is 0.667. The molecule has 0 radical (unpaired) electrons. The van der Waals surface area contributed by atoms with Crippen molar-refractivity contribution in [1.82, 2.24) is 9.88 Å². The van der Waals surface area contributed by atoms with Gasteiger partial charge in [-0.15, -0.1) is 0 Å². The molecule has 4 nitrogen and oxygen atoms in total. The Labute approximate surface area is 143 Å². The number of hydrogen-bond donors (Lipinski definition) is 0. The predicted octanol–water partition coefficient (Wildman–Crippen LogP) is 3.84. The number of carbonyl (C=O) groups excluding carboxylic acids is 1. The van der Waals surface area contributed by atoms with E-state index in [1.54, 1.807) is 20.2 Å². The van der Waals surface area contributed by atoms with Gasteiger partial charge in [0.2, 0.25) is 0 Å². The van der Waals surface area contributed by atoms with Gasteiger partial charge in [0.1, 0.15) is 11.0 Å². The van der Waals surface area contributed by atoms with Crippen molar-refractivity contribution in [3.63, 3.8) is 0 Å². The second-order valence-electron chi connectivity index (χ2n) is 7.17. The van der Waals surface area contributed by atoms with Crippen LogP contribution in [0, 0.1) is 11.8 Å². The molecule has 3 rings (SSSR count). The lowest BCUT2D eigenvalue weighted by Gasteiger charge is -2.36. The van der Waals surface area contributed by atoms with E-state index < -0.39 is 0 Å². The number of anilines is 1. The molecular formula is C18H26ClN3O. The van der Waals surface area contributed by atoms with Crippen LogP contribution >= 0.6 is 11.6 Å². The molecule has 2 aliphatic rings. The van der Waals surface area contributed by atoms with E-state index >= 15 is 0 Å². The van der Waals surface area contributed by atoms with Gasteiger partial charge in [-0.25, -0.2) is 4.98 Å². The van der Waals surface area contributed by atoms with E-state index in [1.165, 1.54) is 43.4 Å². The Hall–Kier alpha value is -1.29. The Morgan fingerprint density at radius 2 is 1.87 bits per heavy atom. The van der Waals surface area contributed by atoms with Gasteiger partial charge in [-0.05, 0) is 43.2 Å². The van der Waals surface area contributed by atoms with Gasteiger partial charge in [0.25, 0.3) is 5.91 Å². The van der Waals surface area contributed by atoms with Gasteiger partial charge in [-0.2, -0.15) is 0 Å². The minimum atomic E-state index is -0.103. The number of carbonyl (C=O) groups is 1. The molecule has 0 spiro atoms. The maximum atomic E-state index is 12.0. The number of aromatic nitrogens is 1. The van der Waals surface area contributed by atoms with Crippen LogP contribution in [0.25, 0.3) is 0 Å². The summed E-state index contributed by atoms with van der Waals surface area (Å²) < 4.78 is 0. The van der Waals surface area contributed by atoms with Crippen molar-refractivity contribution in [2.24, 2.45) is 11.8 Å². The molecule has 1 aliphatic carbocycles.